The smallest absolute Gasteiger partial charge is 0.203 e. The van der Waals surface area contributed by atoms with Crippen molar-refractivity contribution in [3.05, 3.63) is 0 Å². The third-order valence-electron chi connectivity index (χ3n) is 6.59. The van der Waals surface area contributed by atoms with E-state index in [1.165, 1.54) is 0 Å². The predicted octanol–water partition coefficient (Wildman–Crippen LogP) is 1.54. The van der Waals surface area contributed by atoms with E-state index in [9.17, 15) is 108 Å². The summed E-state index contributed by atoms with van der Waals surface area (Å²) in [6.07, 6.45) is -3.06. The van der Waals surface area contributed by atoms with Crippen molar-refractivity contribution in [2.75, 3.05) is 65.4 Å². The van der Waals surface area contributed by atoms with Crippen LogP contribution >= 0.6 is 0 Å². The molecule has 0 bridgehead atoms. The van der Waals surface area contributed by atoms with E-state index in [0.29, 0.717) is 0 Å². The minimum absolute atomic E-state index is 0.886. The van der Waals surface area contributed by atoms with Crippen molar-refractivity contribution in [2.45, 2.75) is 40.4 Å². The second-order valence-electron chi connectivity index (χ2n) is 9.96. The fraction of sp³-hybridized carbons (Fsp3) is 1.00. The average Bonchev–Trinajstić information content (AvgIpc) is 2.91. The monoisotopic (exact) mass is 903 g/mol. The zero-order valence-electron chi connectivity index (χ0n) is 25.0. The van der Waals surface area contributed by atoms with Crippen molar-refractivity contribution in [3.63, 3.8) is 0 Å². The van der Waals surface area contributed by atoms with Gasteiger partial charge in [0.1, 0.15) is 0 Å². The van der Waals surface area contributed by atoms with Gasteiger partial charge in [0.05, 0.1) is 0 Å². The molecule has 1 aliphatic heterocycles. The summed E-state index contributed by atoms with van der Waals surface area (Å²) < 4.78 is 318. The van der Waals surface area contributed by atoms with Gasteiger partial charge in [-0.15, -0.1) is 0 Å². The molecule has 0 aromatic carbocycles. The van der Waals surface area contributed by atoms with Gasteiger partial charge in [-0.2, -0.15) is 87.4 Å². The Balaban J connectivity index is 4.04. The van der Waals surface area contributed by atoms with E-state index >= 15 is 0 Å². The molecule has 0 spiro atoms. The topological polar surface area (TPSA) is 187 Å². The second-order valence-corrected chi connectivity index (χ2v) is 19.6. The van der Waals surface area contributed by atoms with Crippen LogP contribution in [0.1, 0.15) is 12.8 Å². The van der Waals surface area contributed by atoms with Gasteiger partial charge in [0.15, 0.2) is 0 Å². The SMILES string of the molecule is O=S(=O)(N1CCCN(S(=O)(=O)C(F)(F)F)CCN(S(=O)(=O)C(F)(F)F)CCN(S(=O)(=O)C(F)(F)F)CCCN(S(=O)(=O)C(F)(F)F)CC1)C(F)(F)F. The maximum absolute atomic E-state index is 13.4. The molecule has 1 heterocycles. The summed E-state index contributed by atoms with van der Waals surface area (Å²) >= 11 is 0. The second kappa shape index (κ2) is 15.9. The van der Waals surface area contributed by atoms with Crippen LogP contribution in [0.5, 0.6) is 0 Å². The Hall–Kier alpha value is -1.50. The van der Waals surface area contributed by atoms with Crippen LogP contribution in [0.2, 0.25) is 0 Å². The first-order chi connectivity index (χ1) is 22.8. The Kier molecular flexibility index (Phi) is 14.9. The Morgan fingerprint density at radius 1 is 0.250 bits per heavy atom. The molecule has 0 aromatic heterocycles. The van der Waals surface area contributed by atoms with E-state index in [1.807, 2.05) is 0 Å². The summed E-state index contributed by atoms with van der Waals surface area (Å²) in [7, 11) is -34.2. The van der Waals surface area contributed by atoms with Gasteiger partial charge in [0, 0.05) is 65.4 Å². The molecular weight excluding hydrogens is 880 g/mol. The molecule has 312 valence electrons. The molecule has 0 aliphatic carbocycles. The number of rotatable bonds is 5. The molecule has 0 amide bonds. The largest absolute Gasteiger partial charge is 0.511 e. The van der Waals surface area contributed by atoms with Gasteiger partial charge in [0.2, 0.25) is 0 Å². The van der Waals surface area contributed by atoms with Crippen molar-refractivity contribution in [2.24, 2.45) is 0 Å². The van der Waals surface area contributed by atoms with Crippen LogP contribution in [0, 0.1) is 0 Å². The molecule has 1 aliphatic rings. The number of nitrogens with zero attached hydrogens (tertiary/aromatic N) is 5. The van der Waals surface area contributed by atoms with Gasteiger partial charge in [-0.1, -0.05) is 0 Å². The first-order valence-electron chi connectivity index (χ1n) is 13.1. The zero-order chi connectivity index (χ0) is 41.4. The maximum Gasteiger partial charge on any atom is 0.511 e. The minimum Gasteiger partial charge on any atom is -0.203 e. The molecule has 0 saturated carbocycles. The van der Waals surface area contributed by atoms with Crippen molar-refractivity contribution in [1.29, 1.82) is 0 Å². The number of sulfonamides is 5. The fourth-order valence-corrected chi connectivity index (χ4v) is 8.88. The molecule has 0 radical (unpaired) electrons. The number of hydrogen-bond acceptors (Lipinski definition) is 10. The molecule has 0 N–H and O–H groups in total. The van der Waals surface area contributed by atoms with Crippen molar-refractivity contribution < 1.29 is 108 Å². The summed E-state index contributed by atoms with van der Waals surface area (Å²) in [6.45, 7) is -19.5. The van der Waals surface area contributed by atoms with Crippen molar-refractivity contribution in [1.82, 2.24) is 21.5 Å². The molecule has 52 heavy (non-hydrogen) atoms. The highest BCUT2D eigenvalue weighted by Gasteiger charge is 2.55. The maximum atomic E-state index is 13.4. The highest BCUT2D eigenvalue weighted by Crippen LogP contribution is 2.33. The highest BCUT2D eigenvalue weighted by atomic mass is 32.2. The first kappa shape index (κ1) is 48.5. The van der Waals surface area contributed by atoms with Crippen LogP contribution in [-0.4, -0.2) is 157 Å². The first-order valence-corrected chi connectivity index (χ1v) is 20.3. The predicted molar refractivity (Wildman–Crippen MR) is 142 cm³/mol. The third kappa shape index (κ3) is 10.8. The Bertz CT molecular complexity index is 1680. The third-order valence-corrected chi connectivity index (χ3v) is 14.7. The molecule has 1 saturated heterocycles. The van der Waals surface area contributed by atoms with E-state index in [1.54, 1.807) is 0 Å². The number of hydrogen-bond donors (Lipinski definition) is 0. The molecule has 0 aromatic rings. The van der Waals surface area contributed by atoms with E-state index < -0.39 is 177 Å². The van der Waals surface area contributed by atoms with Gasteiger partial charge in [-0.3, -0.25) is 0 Å². The lowest BCUT2D eigenvalue weighted by Crippen LogP contribution is -2.51. The lowest BCUT2D eigenvalue weighted by atomic mass is 10.4. The van der Waals surface area contributed by atoms with Crippen molar-refractivity contribution in [3.8, 4) is 0 Å². The quantitative estimate of drug-likeness (QED) is 0.367. The summed E-state index contributed by atoms with van der Waals surface area (Å²) in [5.41, 5.74) is -32.1. The average molecular weight is 904 g/mol. The van der Waals surface area contributed by atoms with Crippen molar-refractivity contribution >= 4 is 50.1 Å². The van der Waals surface area contributed by atoms with Crippen LogP contribution in [0.4, 0.5) is 65.9 Å². The lowest BCUT2D eigenvalue weighted by molar-refractivity contribution is -0.0517. The molecule has 0 atom stereocenters. The lowest BCUT2D eigenvalue weighted by Gasteiger charge is -2.30. The van der Waals surface area contributed by atoms with Crippen LogP contribution in [0.25, 0.3) is 0 Å². The summed E-state index contributed by atoms with van der Waals surface area (Å²) in [6, 6.07) is 0. The van der Waals surface area contributed by atoms with E-state index in [4.69, 9.17) is 0 Å². The van der Waals surface area contributed by atoms with Crippen LogP contribution < -0.4 is 0 Å². The summed E-state index contributed by atoms with van der Waals surface area (Å²) in [5, 5.41) is 0. The molecule has 0 unspecified atom stereocenters. The standard InChI is InChI=1S/C17H24F15N5O10S5/c18-13(19,20)48(38,39)33-3-1-5-35(50(42,43)15(24,25)26)9-11-37(52(46,47)17(30,31)32)12-10-36(51(44,45)16(27,28)29)6-2-4-34(8-7-33)49(40,41)14(21,22)23/h1-12H2. The van der Waals surface area contributed by atoms with Crippen LogP contribution in [-0.2, 0) is 50.1 Å². The molecule has 1 fully saturated rings. The van der Waals surface area contributed by atoms with Gasteiger partial charge >= 0.3 is 77.7 Å². The molecular formula is C17H24F15N5O10S5. The Morgan fingerprint density at radius 3 is 0.481 bits per heavy atom. The van der Waals surface area contributed by atoms with E-state index in [2.05, 4.69) is 0 Å². The number of halogens is 15. The van der Waals surface area contributed by atoms with E-state index in [-0.39, 0.29) is 0 Å². The van der Waals surface area contributed by atoms with Gasteiger partial charge in [-0.25, -0.2) is 42.1 Å². The van der Waals surface area contributed by atoms with Gasteiger partial charge in [-0.05, 0) is 12.8 Å². The normalized spacial score (nSPS) is 21.2. The Labute approximate surface area is 285 Å². The number of alkyl halides is 15. The highest BCUT2D eigenvalue weighted by molar-refractivity contribution is 7.91. The van der Waals surface area contributed by atoms with Gasteiger partial charge < -0.3 is 0 Å². The molecule has 35 heteroatoms. The Morgan fingerprint density at radius 2 is 0.365 bits per heavy atom. The van der Waals surface area contributed by atoms with Crippen LogP contribution in [0.3, 0.4) is 0 Å². The van der Waals surface area contributed by atoms with Crippen LogP contribution in [0.15, 0.2) is 0 Å². The fourth-order valence-electron chi connectivity index (χ4n) is 4.01. The summed E-state index contributed by atoms with van der Waals surface area (Å²) in [5.74, 6) is 0. The molecule has 15 nitrogen and oxygen atoms in total. The molecule has 1 rings (SSSR count). The summed E-state index contributed by atoms with van der Waals surface area (Å²) in [4.78, 5) is 0. The van der Waals surface area contributed by atoms with Gasteiger partial charge in [0.25, 0.3) is 0 Å². The zero-order valence-corrected chi connectivity index (χ0v) is 29.1. The minimum atomic E-state index is -6.92. The van der Waals surface area contributed by atoms with E-state index in [0.717, 1.165) is 0 Å².